The van der Waals surface area contributed by atoms with E-state index in [0.717, 1.165) is 102 Å². The van der Waals surface area contributed by atoms with Crippen molar-refractivity contribution in [1.29, 1.82) is 0 Å². The van der Waals surface area contributed by atoms with Crippen LogP contribution in [0.1, 0.15) is 33.4 Å². The summed E-state index contributed by atoms with van der Waals surface area (Å²) < 4.78 is 23.5. The van der Waals surface area contributed by atoms with Gasteiger partial charge in [-0.2, -0.15) is 0 Å². The van der Waals surface area contributed by atoms with E-state index in [1.807, 2.05) is 365 Å². The molecule has 0 fully saturated rings. The average Bonchev–Trinajstić information content (AvgIpc) is 0.788. The first-order valence-corrected chi connectivity index (χ1v) is 41.0. The summed E-state index contributed by atoms with van der Waals surface area (Å²) in [5.74, 6) is 0. The molecule has 8 nitrogen and oxygen atoms in total. The van der Waals surface area contributed by atoms with Crippen LogP contribution in [0.25, 0.3) is 135 Å². The van der Waals surface area contributed by atoms with E-state index in [4.69, 9.17) is 4.11 Å². The van der Waals surface area contributed by atoms with Crippen molar-refractivity contribution >= 4 is 0 Å². The molecule has 0 saturated carbocycles. The third kappa shape index (κ3) is 31.2. The molecule has 129 heavy (non-hydrogen) atoms. The zero-order valence-corrected chi connectivity index (χ0v) is 80.6. The van der Waals surface area contributed by atoms with E-state index < -0.39 is 6.85 Å². The molecule has 12 aromatic carbocycles. The SMILES string of the molecule is CCc1cc(-c2[c-]cccc2)ncc1-c1ccccc1.Cc1cc(-c2[c-]cccc2)ncc1-c1ccccc1.Cc1cccc(-c2[c-]cccc2)n1.[2H]C([2H])([2H])c1cc(-c2[c-]cccc2)ncc1-c1ccccc1.[Ir].[Ir].[Ir].[Ir].[c-]1ccccc1-c1cc(-c2ccccc2)ccn1.[c-]1ccccc1-c1ccccn1.[c-]1ccccc1-c1ccccn1.[c-]1ccccc1-c1ccccn1. The van der Waals surface area contributed by atoms with Crippen LogP contribution in [0.15, 0.2) is 462 Å². The van der Waals surface area contributed by atoms with Crippen LogP contribution in [0.2, 0.25) is 0 Å². The number of aryl methyl sites for hydroxylation is 4. The summed E-state index contributed by atoms with van der Waals surface area (Å²) in [6.07, 6.45) is 13.8. The van der Waals surface area contributed by atoms with Gasteiger partial charge in [-0.3, -0.25) is 0 Å². The molecule has 12 heteroatoms. The monoisotopic (exact) mass is 2380 g/mol. The molecule has 0 bridgehead atoms. The minimum Gasteiger partial charge on any atom is -0.305 e. The Morgan fingerprint density at radius 2 is 0.504 bits per heavy atom. The summed E-state index contributed by atoms with van der Waals surface area (Å²) >= 11 is 0. The van der Waals surface area contributed by atoms with Gasteiger partial charge in [0.25, 0.3) is 0 Å². The molecule has 0 spiro atoms. The van der Waals surface area contributed by atoms with Crippen LogP contribution in [0.4, 0.5) is 0 Å². The molecule has 0 N–H and O–H groups in total. The number of pyridine rings is 8. The van der Waals surface area contributed by atoms with E-state index in [-0.39, 0.29) is 80.4 Å². The van der Waals surface area contributed by atoms with Crippen LogP contribution in [-0.2, 0) is 86.8 Å². The first-order chi connectivity index (χ1) is 63.0. The van der Waals surface area contributed by atoms with Crippen LogP contribution >= 0.6 is 0 Å². The Kier molecular flexibility index (Phi) is 40.4. The van der Waals surface area contributed by atoms with Gasteiger partial charge in [0.05, 0.1) is 0 Å². The number of rotatable bonds is 13. The third-order valence-corrected chi connectivity index (χ3v) is 19.3. The van der Waals surface area contributed by atoms with Gasteiger partial charge < -0.3 is 39.9 Å². The smallest absolute Gasteiger partial charge is 0.0280 e. The maximum atomic E-state index is 7.82. The van der Waals surface area contributed by atoms with E-state index >= 15 is 0 Å². The molecule has 20 rings (SSSR count). The molecule has 0 unspecified atom stereocenters. The maximum Gasteiger partial charge on any atom is 0.0280 e. The number of hydrogen-bond donors (Lipinski definition) is 0. The number of nitrogens with zero attached hydrogens (tertiary/aromatic N) is 8. The zero-order valence-electron chi connectivity index (χ0n) is 74.0. The summed E-state index contributed by atoms with van der Waals surface area (Å²) in [7, 11) is 0. The normalized spacial score (nSPS) is 10.2. The summed E-state index contributed by atoms with van der Waals surface area (Å²) in [5, 5.41) is 0. The molecular formula is C117H90Ir4N8-8. The van der Waals surface area contributed by atoms with Crippen molar-refractivity contribution in [3.05, 3.63) is 533 Å². The van der Waals surface area contributed by atoms with Crippen molar-refractivity contribution in [2.24, 2.45) is 0 Å². The Hall–Kier alpha value is -13.6. The molecule has 0 amide bonds. The molecule has 8 heterocycles. The van der Waals surface area contributed by atoms with Gasteiger partial charge in [-0.05, 0) is 148 Å². The minimum absolute atomic E-state index is 0. The summed E-state index contributed by atoms with van der Waals surface area (Å²) in [6.45, 7) is 4.10. The molecule has 8 aromatic heterocycles. The molecule has 4 radical (unpaired) electrons. The van der Waals surface area contributed by atoms with Gasteiger partial charge in [-0.15, -0.1) is 287 Å². The number of aromatic nitrogens is 8. The van der Waals surface area contributed by atoms with Crippen LogP contribution in [0.5, 0.6) is 0 Å². The largest absolute Gasteiger partial charge is 0.305 e. The molecule has 0 saturated heterocycles. The molecule has 0 aliphatic carbocycles. The summed E-state index contributed by atoms with van der Waals surface area (Å²) in [5.41, 5.74) is 28.1. The molecule has 0 aliphatic rings. The van der Waals surface area contributed by atoms with Crippen LogP contribution in [0.3, 0.4) is 0 Å². The molecular weight excluding hydrogens is 2290 g/mol. The van der Waals surface area contributed by atoms with Gasteiger partial charge in [-0.25, -0.2) is 0 Å². The van der Waals surface area contributed by atoms with Crippen molar-refractivity contribution < 1.29 is 84.5 Å². The molecule has 20 aromatic rings. The van der Waals surface area contributed by atoms with Gasteiger partial charge in [0.2, 0.25) is 0 Å². The van der Waals surface area contributed by atoms with Crippen LogP contribution < -0.4 is 0 Å². The van der Waals surface area contributed by atoms with E-state index in [1.54, 1.807) is 36.9 Å². The third-order valence-electron chi connectivity index (χ3n) is 19.3. The van der Waals surface area contributed by atoms with Crippen molar-refractivity contribution in [2.75, 3.05) is 0 Å². The Labute approximate surface area is 818 Å². The Balaban J connectivity index is 0.000000171. The van der Waals surface area contributed by atoms with Gasteiger partial charge >= 0.3 is 0 Å². The second kappa shape index (κ2) is 55.1. The average molecular weight is 2380 g/mol. The van der Waals surface area contributed by atoms with Crippen LogP contribution in [-0.4, -0.2) is 39.9 Å². The van der Waals surface area contributed by atoms with E-state index in [1.165, 1.54) is 44.5 Å². The topological polar surface area (TPSA) is 103 Å². The number of benzene rings is 12. The van der Waals surface area contributed by atoms with Gasteiger partial charge in [0.15, 0.2) is 0 Å². The van der Waals surface area contributed by atoms with Crippen molar-refractivity contribution in [3.8, 4) is 135 Å². The van der Waals surface area contributed by atoms with Crippen LogP contribution in [0, 0.1) is 69.2 Å². The summed E-state index contributed by atoms with van der Waals surface area (Å²) in [4.78, 5) is 35.0. The Morgan fingerprint density at radius 1 is 0.225 bits per heavy atom. The fourth-order valence-corrected chi connectivity index (χ4v) is 13.0. The number of hydrogen-bond acceptors (Lipinski definition) is 8. The first-order valence-electron chi connectivity index (χ1n) is 42.5. The molecule has 0 aliphatic heterocycles. The quantitative estimate of drug-likeness (QED) is 0.105. The predicted molar refractivity (Wildman–Crippen MR) is 513 cm³/mol. The van der Waals surface area contributed by atoms with Gasteiger partial charge in [0, 0.05) is 150 Å². The second-order valence-corrected chi connectivity index (χ2v) is 28.0. The minimum atomic E-state index is -2.20. The molecule has 0 atom stereocenters. The van der Waals surface area contributed by atoms with Gasteiger partial charge in [-0.1, -0.05) is 201 Å². The summed E-state index contributed by atoms with van der Waals surface area (Å²) in [6, 6.07) is 162. The Bertz CT molecular complexity index is 6260. The van der Waals surface area contributed by atoms with E-state index in [0.29, 0.717) is 16.8 Å². The van der Waals surface area contributed by atoms with Crippen molar-refractivity contribution in [3.63, 3.8) is 0 Å². The van der Waals surface area contributed by atoms with Crippen molar-refractivity contribution in [2.45, 2.75) is 34.0 Å². The predicted octanol–water partition coefficient (Wildman–Crippen LogP) is 28.5. The fourth-order valence-electron chi connectivity index (χ4n) is 13.0. The second-order valence-electron chi connectivity index (χ2n) is 28.0. The fraction of sp³-hybridized carbons (Fsp3) is 0.0427. The Morgan fingerprint density at radius 3 is 0.822 bits per heavy atom. The zero-order chi connectivity index (χ0) is 88.4. The van der Waals surface area contributed by atoms with E-state index in [9.17, 15) is 0 Å². The molecule has 642 valence electrons. The standard InChI is InChI=1S/C19H16N.2C18H14N.C17H12N.C12H10N.3C11H8N.4Ir/c1-2-15-13-19(17-11-7-4-8-12-17)20-14-18(15)16-9-5-3-6-10-16;2*1-14-12-18(16-10-6-3-7-11-16)19-13-17(14)15-8-4-2-5-9-15;1-3-7-14(8-4-1)16-11-12-18-17(13-16)15-9-5-2-6-10-15;1-10-6-5-9-12(13-10)11-7-3-2-4-8-11;3*1-2-6-10(7-3-1)11-8-4-5-9-12-11;;;;/h3-11,13-14H,2H2,1H3;2*2-10,12-13H,1H3;1-9,11-13H;2-7,9H,1H3;3*1-6,8-9H;;;;/q8*-1;;;;/i;1D3;;;;;;;;;;. The first kappa shape index (κ1) is 94.6. The van der Waals surface area contributed by atoms with E-state index in [2.05, 4.69) is 169 Å². The maximum absolute atomic E-state index is 7.82. The van der Waals surface area contributed by atoms with Crippen molar-refractivity contribution in [1.82, 2.24) is 39.9 Å². The van der Waals surface area contributed by atoms with Gasteiger partial charge in [0.1, 0.15) is 0 Å².